The van der Waals surface area contributed by atoms with E-state index in [0.717, 1.165) is 13.1 Å². The second-order valence-electron chi connectivity index (χ2n) is 2.37. The summed E-state index contributed by atoms with van der Waals surface area (Å²) < 4.78 is 0. The van der Waals surface area contributed by atoms with Gasteiger partial charge in [0.05, 0.1) is 0 Å². The third kappa shape index (κ3) is 1.53. The number of likely N-dealkylation sites (tertiary alicyclic amines) is 1. The molecule has 1 aliphatic heterocycles. The Kier molecular flexibility index (Phi) is 2.25. The fourth-order valence-electron chi connectivity index (χ4n) is 1.15. The smallest absolute Gasteiger partial charge is 0.164 e. The van der Waals surface area contributed by atoms with Gasteiger partial charge in [-0.05, 0) is 18.9 Å². The fourth-order valence-corrected chi connectivity index (χ4v) is 1.15. The van der Waals surface area contributed by atoms with Gasteiger partial charge in [0.25, 0.3) is 0 Å². The molecular formula is C7H12NO. The van der Waals surface area contributed by atoms with Crippen molar-refractivity contribution in [2.45, 2.75) is 19.1 Å². The Morgan fingerprint density at radius 1 is 1.44 bits per heavy atom. The molecule has 0 aromatic carbocycles. The molecule has 1 heterocycles. The molecule has 0 saturated carbocycles. The highest BCUT2D eigenvalue weighted by molar-refractivity contribution is 4.81. The molecular weight excluding hydrogens is 114 g/mol. The normalized spacial score (nSPS) is 24.1. The van der Waals surface area contributed by atoms with Gasteiger partial charge in [-0.2, -0.15) is 0 Å². The molecule has 9 heavy (non-hydrogen) atoms. The van der Waals surface area contributed by atoms with Gasteiger partial charge in [0, 0.05) is 13.1 Å². The average Bonchev–Trinajstić information content (AvgIpc) is 2.37. The molecule has 2 heteroatoms. The first-order valence-corrected chi connectivity index (χ1v) is 3.37. The lowest BCUT2D eigenvalue weighted by atomic mass is 10.4. The number of hydrogen-bond acceptors (Lipinski definition) is 1. The van der Waals surface area contributed by atoms with Gasteiger partial charge in [-0.1, -0.05) is 6.58 Å². The number of hydrogen-bond donors (Lipinski definition) is 0. The molecule has 0 aromatic rings. The Hall–Kier alpha value is -0.340. The molecule has 1 aliphatic rings. The van der Waals surface area contributed by atoms with Crippen molar-refractivity contribution in [2.75, 3.05) is 13.1 Å². The largest absolute Gasteiger partial charge is 0.272 e. The van der Waals surface area contributed by atoms with Crippen molar-refractivity contribution in [3.05, 3.63) is 12.7 Å². The van der Waals surface area contributed by atoms with Crippen LogP contribution in [0.2, 0.25) is 0 Å². The highest BCUT2D eigenvalue weighted by Gasteiger charge is 2.17. The third-order valence-corrected chi connectivity index (χ3v) is 1.70. The summed E-state index contributed by atoms with van der Waals surface area (Å²) in [6.45, 7) is 5.37. The maximum atomic E-state index is 10.9. The van der Waals surface area contributed by atoms with Gasteiger partial charge in [0.1, 0.15) is 0 Å². The Balaban J connectivity index is 2.32. The molecule has 0 aromatic heterocycles. The van der Waals surface area contributed by atoms with Gasteiger partial charge in [-0.3, -0.25) is 4.90 Å². The second-order valence-corrected chi connectivity index (χ2v) is 2.37. The van der Waals surface area contributed by atoms with Gasteiger partial charge in [-0.15, -0.1) is 0 Å². The zero-order chi connectivity index (χ0) is 6.69. The molecule has 0 aliphatic carbocycles. The van der Waals surface area contributed by atoms with E-state index in [9.17, 15) is 5.11 Å². The lowest BCUT2D eigenvalue weighted by molar-refractivity contribution is 0.00205. The lowest BCUT2D eigenvalue weighted by Crippen LogP contribution is -2.29. The van der Waals surface area contributed by atoms with Crippen molar-refractivity contribution in [3.8, 4) is 0 Å². The van der Waals surface area contributed by atoms with Crippen LogP contribution in [0.4, 0.5) is 0 Å². The maximum absolute atomic E-state index is 10.9. The Bertz CT molecular complexity index is 97.1. The predicted octanol–water partition coefficient (Wildman–Crippen LogP) is 1.02. The van der Waals surface area contributed by atoms with Crippen LogP contribution >= 0.6 is 0 Å². The molecule has 1 radical (unpaired) electrons. The predicted molar refractivity (Wildman–Crippen MR) is 35.5 cm³/mol. The zero-order valence-electron chi connectivity index (χ0n) is 5.55. The van der Waals surface area contributed by atoms with Crippen molar-refractivity contribution in [3.63, 3.8) is 0 Å². The summed E-state index contributed by atoms with van der Waals surface area (Å²) in [5, 5.41) is 10.9. The third-order valence-electron chi connectivity index (χ3n) is 1.70. The lowest BCUT2D eigenvalue weighted by Gasteiger charge is -2.15. The van der Waals surface area contributed by atoms with E-state index in [4.69, 9.17) is 0 Å². The second kappa shape index (κ2) is 2.99. The minimum Gasteiger partial charge on any atom is -0.272 e. The standard InChI is InChI=1S/C7H12NO/c1-2-7(9)8-5-3-4-6-8/h2,7H,1,3-6H2. The van der Waals surface area contributed by atoms with Crippen molar-refractivity contribution >= 4 is 0 Å². The molecule has 0 spiro atoms. The van der Waals surface area contributed by atoms with Crippen LogP contribution in [0.25, 0.3) is 0 Å². The number of nitrogens with zero attached hydrogens (tertiary/aromatic N) is 1. The van der Waals surface area contributed by atoms with Crippen LogP contribution in [0, 0.1) is 0 Å². The van der Waals surface area contributed by atoms with Gasteiger partial charge >= 0.3 is 0 Å². The fraction of sp³-hybridized carbons (Fsp3) is 0.714. The first-order valence-electron chi connectivity index (χ1n) is 3.37. The quantitative estimate of drug-likeness (QED) is 0.507. The van der Waals surface area contributed by atoms with Crippen molar-refractivity contribution in [1.29, 1.82) is 0 Å². The molecule has 0 bridgehead atoms. The molecule has 1 atom stereocenters. The zero-order valence-corrected chi connectivity index (χ0v) is 5.55. The van der Waals surface area contributed by atoms with Crippen molar-refractivity contribution < 1.29 is 5.11 Å². The molecule has 1 rings (SSSR count). The Morgan fingerprint density at radius 2 is 2.00 bits per heavy atom. The van der Waals surface area contributed by atoms with E-state index in [1.54, 1.807) is 0 Å². The molecule has 0 amide bonds. The monoisotopic (exact) mass is 126 g/mol. The summed E-state index contributed by atoms with van der Waals surface area (Å²) in [4.78, 5) is 1.91. The summed E-state index contributed by atoms with van der Waals surface area (Å²) in [6, 6.07) is 0. The summed E-state index contributed by atoms with van der Waals surface area (Å²) in [5.74, 6) is 0. The van der Waals surface area contributed by atoms with E-state index < -0.39 is 6.23 Å². The van der Waals surface area contributed by atoms with Crippen LogP contribution < -0.4 is 0 Å². The molecule has 0 N–H and O–H groups in total. The molecule has 51 valence electrons. The van der Waals surface area contributed by atoms with Crippen LogP contribution in [0.1, 0.15) is 12.8 Å². The van der Waals surface area contributed by atoms with Crippen LogP contribution in [0.3, 0.4) is 0 Å². The van der Waals surface area contributed by atoms with E-state index in [1.807, 2.05) is 4.90 Å². The summed E-state index contributed by atoms with van der Waals surface area (Å²) in [6.07, 6.45) is 3.15. The van der Waals surface area contributed by atoms with Gasteiger partial charge < -0.3 is 0 Å². The van der Waals surface area contributed by atoms with Crippen molar-refractivity contribution in [2.24, 2.45) is 0 Å². The molecule has 1 unspecified atom stereocenters. The molecule has 1 saturated heterocycles. The first-order chi connectivity index (χ1) is 4.34. The van der Waals surface area contributed by atoms with Crippen LogP contribution in [-0.4, -0.2) is 24.2 Å². The van der Waals surface area contributed by atoms with Crippen LogP contribution in [0.15, 0.2) is 12.7 Å². The SMILES string of the molecule is C=CC([O])N1CCCC1. The molecule has 1 fully saturated rings. The molecule has 2 nitrogen and oxygen atoms in total. The summed E-state index contributed by atoms with van der Waals surface area (Å²) >= 11 is 0. The first kappa shape index (κ1) is 6.78. The maximum Gasteiger partial charge on any atom is 0.164 e. The van der Waals surface area contributed by atoms with Crippen LogP contribution in [0.5, 0.6) is 0 Å². The van der Waals surface area contributed by atoms with E-state index >= 15 is 0 Å². The van der Waals surface area contributed by atoms with Gasteiger partial charge in [0.2, 0.25) is 0 Å². The number of rotatable bonds is 2. The summed E-state index contributed by atoms with van der Waals surface area (Å²) in [7, 11) is 0. The van der Waals surface area contributed by atoms with E-state index in [1.165, 1.54) is 18.9 Å². The Morgan fingerprint density at radius 3 is 2.44 bits per heavy atom. The van der Waals surface area contributed by atoms with E-state index in [0.29, 0.717) is 0 Å². The summed E-state index contributed by atoms with van der Waals surface area (Å²) in [5.41, 5.74) is 0. The highest BCUT2D eigenvalue weighted by atomic mass is 16.3. The van der Waals surface area contributed by atoms with Crippen LogP contribution in [-0.2, 0) is 5.11 Å². The van der Waals surface area contributed by atoms with Crippen molar-refractivity contribution in [1.82, 2.24) is 4.90 Å². The topological polar surface area (TPSA) is 23.1 Å². The van der Waals surface area contributed by atoms with E-state index in [2.05, 4.69) is 6.58 Å². The average molecular weight is 126 g/mol. The minimum atomic E-state index is -0.660. The van der Waals surface area contributed by atoms with Gasteiger partial charge in [-0.25, -0.2) is 5.11 Å². The van der Waals surface area contributed by atoms with Gasteiger partial charge in [0.15, 0.2) is 6.23 Å². The highest BCUT2D eigenvalue weighted by Crippen LogP contribution is 2.10. The minimum absolute atomic E-state index is 0.660. The Labute approximate surface area is 55.8 Å². The van der Waals surface area contributed by atoms with E-state index in [-0.39, 0.29) is 0 Å².